The summed E-state index contributed by atoms with van der Waals surface area (Å²) in [5.74, 6) is 0. The predicted molar refractivity (Wildman–Crippen MR) is 85.5 cm³/mol. The van der Waals surface area contributed by atoms with Crippen LogP contribution in [0.1, 0.15) is 29.8 Å². The molecule has 0 radical (unpaired) electrons. The normalized spacial score (nSPS) is 12.6. The zero-order chi connectivity index (χ0) is 13.7. The summed E-state index contributed by atoms with van der Waals surface area (Å²) in [5.41, 5.74) is 1.20. The smallest absolute Gasteiger partial charge is 0.0595 e. The van der Waals surface area contributed by atoms with Crippen LogP contribution in [0.2, 0.25) is 10.0 Å². The van der Waals surface area contributed by atoms with Crippen LogP contribution in [0.25, 0.3) is 0 Å². The molecule has 1 aromatic carbocycles. The average Bonchev–Trinajstić information content (AvgIpc) is 2.91. The Morgan fingerprint density at radius 1 is 1.21 bits per heavy atom. The summed E-state index contributed by atoms with van der Waals surface area (Å²) in [4.78, 5) is 1.42. The van der Waals surface area contributed by atoms with Crippen LogP contribution >= 0.6 is 34.5 Å². The maximum Gasteiger partial charge on any atom is 0.0595 e. The summed E-state index contributed by atoms with van der Waals surface area (Å²) < 4.78 is 0. The van der Waals surface area contributed by atoms with Gasteiger partial charge in [0.05, 0.1) is 10.0 Å². The third kappa shape index (κ3) is 4.22. The second kappa shape index (κ2) is 7.30. The van der Waals surface area contributed by atoms with Crippen molar-refractivity contribution in [2.24, 2.45) is 0 Å². The number of benzene rings is 1. The lowest BCUT2D eigenvalue weighted by Gasteiger charge is -2.18. The first kappa shape index (κ1) is 14.9. The molecule has 0 fully saturated rings. The van der Waals surface area contributed by atoms with E-state index in [1.54, 1.807) is 0 Å². The molecule has 0 aliphatic carbocycles. The maximum absolute atomic E-state index is 6.10. The van der Waals surface area contributed by atoms with Gasteiger partial charge in [-0.3, -0.25) is 0 Å². The molecule has 0 aliphatic heterocycles. The van der Waals surface area contributed by atoms with Gasteiger partial charge in [-0.25, -0.2) is 0 Å². The summed E-state index contributed by atoms with van der Waals surface area (Å²) in [7, 11) is 0. The van der Waals surface area contributed by atoms with Crippen molar-refractivity contribution in [1.29, 1.82) is 0 Å². The SMILES string of the molecule is CCNC(CCc1cccs1)c1ccc(Cl)c(Cl)c1. The molecule has 1 nitrogen and oxygen atoms in total. The van der Waals surface area contributed by atoms with Crippen LogP contribution in [0.3, 0.4) is 0 Å². The summed E-state index contributed by atoms with van der Waals surface area (Å²) in [6.45, 7) is 3.06. The molecule has 1 heterocycles. The van der Waals surface area contributed by atoms with Crippen molar-refractivity contribution in [2.75, 3.05) is 6.54 Å². The average molecular weight is 314 g/mol. The van der Waals surface area contributed by atoms with Gasteiger partial charge in [0.2, 0.25) is 0 Å². The second-order valence-electron chi connectivity index (χ2n) is 4.40. The summed E-state index contributed by atoms with van der Waals surface area (Å²) in [5, 5.41) is 6.87. The van der Waals surface area contributed by atoms with Gasteiger partial charge in [-0.05, 0) is 48.5 Å². The zero-order valence-corrected chi connectivity index (χ0v) is 13.2. The molecule has 1 N–H and O–H groups in total. The third-order valence-corrected chi connectivity index (χ3v) is 4.73. The fraction of sp³-hybridized carbons (Fsp3) is 0.333. The van der Waals surface area contributed by atoms with E-state index in [1.807, 2.05) is 23.5 Å². The molecule has 0 bridgehead atoms. The number of nitrogens with one attached hydrogen (secondary N) is 1. The Bertz CT molecular complexity index is 511. The standard InChI is InChI=1S/C15H17Cl2NS/c1-2-18-15(8-6-12-4-3-9-19-12)11-5-7-13(16)14(17)10-11/h3-5,7,9-10,15,18H,2,6,8H2,1H3. The van der Waals surface area contributed by atoms with Crippen molar-refractivity contribution in [3.05, 3.63) is 56.2 Å². The predicted octanol–water partition coefficient (Wildman–Crippen LogP) is 5.34. The van der Waals surface area contributed by atoms with Crippen LogP contribution in [0.15, 0.2) is 35.7 Å². The van der Waals surface area contributed by atoms with Gasteiger partial charge in [-0.1, -0.05) is 42.3 Å². The molecule has 0 saturated carbocycles. The second-order valence-corrected chi connectivity index (χ2v) is 6.25. The molecule has 19 heavy (non-hydrogen) atoms. The van der Waals surface area contributed by atoms with E-state index >= 15 is 0 Å². The Labute approximate surface area is 128 Å². The fourth-order valence-corrected chi connectivity index (χ4v) is 3.13. The van der Waals surface area contributed by atoms with Gasteiger partial charge in [0.1, 0.15) is 0 Å². The minimum absolute atomic E-state index is 0.321. The Balaban J connectivity index is 2.07. The number of thiophene rings is 1. The topological polar surface area (TPSA) is 12.0 Å². The number of aryl methyl sites for hydroxylation is 1. The van der Waals surface area contributed by atoms with E-state index in [1.165, 1.54) is 10.4 Å². The lowest BCUT2D eigenvalue weighted by Crippen LogP contribution is -2.21. The van der Waals surface area contributed by atoms with Crippen LogP contribution in [0.4, 0.5) is 0 Å². The first-order chi connectivity index (χ1) is 9.20. The number of hydrogen-bond donors (Lipinski definition) is 1. The largest absolute Gasteiger partial charge is 0.310 e. The third-order valence-electron chi connectivity index (χ3n) is 3.06. The molecule has 102 valence electrons. The molecular weight excluding hydrogens is 297 g/mol. The highest BCUT2D eigenvalue weighted by molar-refractivity contribution is 7.09. The van der Waals surface area contributed by atoms with E-state index in [2.05, 4.69) is 35.8 Å². The minimum atomic E-state index is 0.321. The van der Waals surface area contributed by atoms with Gasteiger partial charge in [-0.2, -0.15) is 0 Å². The van der Waals surface area contributed by atoms with E-state index in [-0.39, 0.29) is 0 Å². The van der Waals surface area contributed by atoms with Gasteiger partial charge in [0, 0.05) is 10.9 Å². The molecule has 1 aromatic heterocycles. The summed E-state index contributed by atoms with van der Waals surface area (Å²) in [6.07, 6.45) is 2.14. The minimum Gasteiger partial charge on any atom is -0.310 e. The quantitative estimate of drug-likeness (QED) is 0.759. The highest BCUT2D eigenvalue weighted by Gasteiger charge is 2.12. The Kier molecular flexibility index (Phi) is 5.71. The van der Waals surface area contributed by atoms with E-state index in [0.29, 0.717) is 16.1 Å². The highest BCUT2D eigenvalue weighted by Crippen LogP contribution is 2.28. The van der Waals surface area contributed by atoms with Crippen molar-refractivity contribution in [1.82, 2.24) is 5.32 Å². The molecule has 4 heteroatoms. The molecule has 0 saturated heterocycles. The molecule has 0 aliphatic rings. The number of rotatable bonds is 6. The number of halogens is 2. The fourth-order valence-electron chi connectivity index (χ4n) is 2.10. The van der Waals surface area contributed by atoms with Crippen molar-refractivity contribution in [3.63, 3.8) is 0 Å². The molecule has 2 rings (SSSR count). The molecule has 2 aromatic rings. The van der Waals surface area contributed by atoms with Crippen molar-refractivity contribution in [3.8, 4) is 0 Å². The van der Waals surface area contributed by atoms with Gasteiger partial charge in [-0.15, -0.1) is 11.3 Å². The molecule has 1 atom stereocenters. The van der Waals surface area contributed by atoms with Crippen molar-refractivity contribution in [2.45, 2.75) is 25.8 Å². The molecule has 0 spiro atoms. The van der Waals surface area contributed by atoms with Crippen LogP contribution in [-0.4, -0.2) is 6.54 Å². The van der Waals surface area contributed by atoms with Crippen molar-refractivity contribution >= 4 is 34.5 Å². The number of hydrogen-bond acceptors (Lipinski definition) is 2. The monoisotopic (exact) mass is 313 g/mol. The van der Waals surface area contributed by atoms with Gasteiger partial charge < -0.3 is 5.32 Å². The first-order valence-corrected chi connectivity index (χ1v) is 8.05. The zero-order valence-electron chi connectivity index (χ0n) is 10.8. The Morgan fingerprint density at radius 2 is 2.05 bits per heavy atom. The van der Waals surface area contributed by atoms with E-state index in [9.17, 15) is 0 Å². The summed E-state index contributed by atoms with van der Waals surface area (Å²) in [6, 6.07) is 10.5. The van der Waals surface area contributed by atoms with Crippen LogP contribution in [-0.2, 0) is 6.42 Å². The Hall–Kier alpha value is -0.540. The van der Waals surface area contributed by atoms with Crippen molar-refractivity contribution < 1.29 is 0 Å². The molecule has 1 unspecified atom stereocenters. The Morgan fingerprint density at radius 3 is 2.68 bits per heavy atom. The first-order valence-electron chi connectivity index (χ1n) is 6.41. The van der Waals surface area contributed by atoms with Gasteiger partial charge in [0.15, 0.2) is 0 Å². The van der Waals surface area contributed by atoms with E-state index < -0.39 is 0 Å². The molecular formula is C15H17Cl2NS. The van der Waals surface area contributed by atoms with E-state index in [0.717, 1.165) is 19.4 Å². The lowest BCUT2D eigenvalue weighted by atomic mass is 10.0. The van der Waals surface area contributed by atoms with Crippen LogP contribution in [0, 0.1) is 0 Å². The van der Waals surface area contributed by atoms with Gasteiger partial charge in [0.25, 0.3) is 0 Å². The maximum atomic E-state index is 6.10. The van der Waals surface area contributed by atoms with Crippen LogP contribution < -0.4 is 5.32 Å². The highest BCUT2D eigenvalue weighted by atomic mass is 35.5. The van der Waals surface area contributed by atoms with Gasteiger partial charge >= 0.3 is 0 Å². The lowest BCUT2D eigenvalue weighted by molar-refractivity contribution is 0.517. The van der Waals surface area contributed by atoms with Crippen LogP contribution in [0.5, 0.6) is 0 Å². The summed E-state index contributed by atoms with van der Waals surface area (Å²) >= 11 is 13.9. The van der Waals surface area contributed by atoms with E-state index in [4.69, 9.17) is 23.2 Å². The molecule has 0 amide bonds.